The van der Waals surface area contributed by atoms with Crippen LogP contribution in [0.2, 0.25) is 0 Å². The van der Waals surface area contributed by atoms with Crippen molar-refractivity contribution in [3.8, 4) is 39.9 Å². The largest absolute Gasteiger partial charge is 0.439 e. The van der Waals surface area contributed by atoms with Crippen LogP contribution in [-0.4, -0.2) is 53.3 Å². The van der Waals surface area contributed by atoms with Gasteiger partial charge in [-0.05, 0) is 99.8 Å². The van der Waals surface area contributed by atoms with E-state index in [-0.39, 0.29) is 0 Å². The van der Waals surface area contributed by atoms with Gasteiger partial charge in [-0.2, -0.15) is 9.97 Å². The molecule has 0 aliphatic carbocycles. The van der Waals surface area contributed by atoms with E-state index in [0.29, 0.717) is 17.6 Å². The summed E-state index contributed by atoms with van der Waals surface area (Å²) in [6, 6.07) is 44.6. The van der Waals surface area contributed by atoms with Gasteiger partial charge in [0.2, 0.25) is 5.95 Å². The fourth-order valence-electron chi connectivity index (χ4n) is 7.78. The van der Waals surface area contributed by atoms with E-state index in [9.17, 15) is 0 Å². The standard InChI is InChI=1S/C49H38BN6O2/c1-48(2,57)49(3,4)58-50-33-17-19-38-37-18-16-32(28-40(37)35-10-5-6-11-36(35)41(38)29-33)34-13-9-15-43-44(34)39-12-7-8-14-42(39)56(43)47-54-45(30-20-24-51-25-21-30)53-46(55-47)31-22-26-52-27-23-31/h5-29,57H,1-4H3/p+1. The summed E-state index contributed by atoms with van der Waals surface area (Å²) < 4.78 is 8.36. The van der Waals surface area contributed by atoms with Crippen molar-refractivity contribution in [2.24, 2.45) is 0 Å². The molecule has 10 aromatic rings. The fraction of sp³-hybridized carbons (Fsp3) is 0.122. The van der Waals surface area contributed by atoms with E-state index in [4.69, 9.17) is 24.7 Å². The van der Waals surface area contributed by atoms with Gasteiger partial charge in [-0.15, -0.1) is 0 Å². The Labute approximate surface area is 336 Å². The van der Waals surface area contributed by atoms with Crippen LogP contribution in [0.4, 0.5) is 0 Å². The third kappa shape index (κ3) is 5.98. The third-order valence-corrected chi connectivity index (χ3v) is 11.6. The molecule has 0 spiro atoms. The fourth-order valence-corrected chi connectivity index (χ4v) is 7.78. The van der Waals surface area contributed by atoms with E-state index in [2.05, 4.69) is 118 Å². The van der Waals surface area contributed by atoms with Crippen molar-refractivity contribution in [2.75, 3.05) is 0 Å². The lowest BCUT2D eigenvalue weighted by Gasteiger charge is -2.33. The quantitative estimate of drug-likeness (QED) is 0.0870. The number of rotatable bonds is 8. The van der Waals surface area contributed by atoms with Crippen LogP contribution in [0.3, 0.4) is 0 Å². The molecule has 0 fully saturated rings. The number of fused-ring (bicyclic) bond motifs is 9. The number of aromatic nitrogens is 6. The maximum atomic E-state index is 8.55. The van der Waals surface area contributed by atoms with Gasteiger partial charge in [0.25, 0.3) is 0 Å². The van der Waals surface area contributed by atoms with E-state index in [0.717, 1.165) is 54.9 Å². The molecule has 0 atom stereocenters. The number of hydrogen-bond acceptors (Lipinski definition) is 6. The molecule has 10 rings (SSSR count). The Morgan fingerprint density at radius 2 is 1.07 bits per heavy atom. The van der Waals surface area contributed by atoms with Crippen molar-refractivity contribution in [2.45, 2.75) is 38.9 Å². The van der Waals surface area contributed by atoms with Crippen molar-refractivity contribution in [3.63, 3.8) is 0 Å². The van der Waals surface area contributed by atoms with Crippen LogP contribution in [0.1, 0.15) is 27.7 Å². The maximum absolute atomic E-state index is 8.55. The highest BCUT2D eigenvalue weighted by Gasteiger charge is 2.40. The zero-order valence-electron chi connectivity index (χ0n) is 32.6. The summed E-state index contributed by atoms with van der Waals surface area (Å²) >= 11 is 0. The van der Waals surface area contributed by atoms with Crippen LogP contribution < -0.4 is 5.46 Å². The van der Waals surface area contributed by atoms with Gasteiger partial charge in [-0.25, -0.2) is 4.98 Å². The lowest BCUT2D eigenvalue weighted by atomic mass is 9.81. The molecule has 4 aromatic heterocycles. The summed E-state index contributed by atoms with van der Waals surface area (Å²) in [5, 5.41) is 17.9. The van der Waals surface area contributed by atoms with Gasteiger partial charge in [0.15, 0.2) is 17.2 Å². The molecule has 8 nitrogen and oxygen atoms in total. The van der Waals surface area contributed by atoms with E-state index < -0.39 is 11.2 Å². The van der Waals surface area contributed by atoms with Crippen molar-refractivity contribution < 1.29 is 9.76 Å². The first-order valence-corrected chi connectivity index (χ1v) is 19.4. The van der Waals surface area contributed by atoms with Crippen molar-refractivity contribution >= 4 is 67.1 Å². The Balaban J connectivity index is 1.15. The molecule has 0 amide bonds. The molecule has 1 radical (unpaired) electrons. The monoisotopic (exact) mass is 754 g/mol. The van der Waals surface area contributed by atoms with Gasteiger partial charge in [0.1, 0.15) is 5.60 Å². The van der Waals surface area contributed by atoms with Gasteiger partial charge in [-0.1, -0.05) is 90.4 Å². The molecule has 58 heavy (non-hydrogen) atoms. The minimum Gasteiger partial charge on any atom is -0.439 e. The van der Waals surface area contributed by atoms with Crippen LogP contribution in [-0.2, 0) is 4.65 Å². The van der Waals surface area contributed by atoms with E-state index in [1.807, 2.05) is 52.0 Å². The second-order valence-electron chi connectivity index (χ2n) is 15.8. The smallest absolute Gasteiger partial charge is 0.331 e. The average Bonchev–Trinajstić information content (AvgIpc) is 3.60. The van der Waals surface area contributed by atoms with Crippen LogP contribution in [0.15, 0.2) is 152 Å². The molecule has 0 aliphatic rings. The number of nitrogens with zero attached hydrogens (tertiary/aromatic N) is 6. The Kier molecular flexibility index (Phi) is 8.40. The summed E-state index contributed by atoms with van der Waals surface area (Å²) in [7, 11) is 1.80. The van der Waals surface area contributed by atoms with Crippen LogP contribution in [0.5, 0.6) is 0 Å². The Morgan fingerprint density at radius 3 is 1.71 bits per heavy atom. The van der Waals surface area contributed by atoms with Crippen LogP contribution in [0, 0.1) is 0 Å². The third-order valence-electron chi connectivity index (χ3n) is 11.6. The zero-order chi connectivity index (χ0) is 39.6. The minimum absolute atomic E-state index is 0.530. The normalized spacial score (nSPS) is 12.3. The predicted octanol–water partition coefficient (Wildman–Crippen LogP) is 9.76. The molecular weight excluding hydrogens is 715 g/mol. The van der Waals surface area contributed by atoms with Gasteiger partial charge >= 0.3 is 7.48 Å². The Hall–Kier alpha value is -6.81. The van der Waals surface area contributed by atoms with Crippen LogP contribution >= 0.6 is 0 Å². The number of pyridine rings is 2. The minimum atomic E-state index is -0.763. The van der Waals surface area contributed by atoms with Gasteiger partial charge in [0, 0.05) is 60.5 Å². The zero-order valence-corrected chi connectivity index (χ0v) is 32.6. The van der Waals surface area contributed by atoms with Crippen molar-refractivity contribution in [1.29, 1.82) is 0 Å². The first-order valence-electron chi connectivity index (χ1n) is 19.4. The first-order chi connectivity index (χ1) is 28.1. The molecule has 0 aliphatic heterocycles. The summed E-state index contributed by atoms with van der Waals surface area (Å²) in [4.78, 5) is 23.6. The number of hydrogen-bond donors (Lipinski definition) is 0. The molecule has 9 heteroatoms. The summed E-state index contributed by atoms with van der Waals surface area (Å²) in [6.45, 7) is 7.68. The van der Waals surface area contributed by atoms with Crippen molar-refractivity contribution in [3.05, 3.63) is 152 Å². The molecule has 0 saturated heterocycles. The molecule has 0 saturated carbocycles. The summed E-state index contributed by atoms with van der Waals surface area (Å²) in [5.41, 5.74) is 5.49. The predicted molar refractivity (Wildman–Crippen MR) is 237 cm³/mol. The van der Waals surface area contributed by atoms with Crippen molar-refractivity contribution in [1.82, 2.24) is 29.5 Å². The number of para-hydroxylation sites is 1. The molecule has 279 valence electrons. The number of benzene rings is 6. The molecule has 6 aromatic carbocycles. The first kappa shape index (κ1) is 35.6. The lowest BCUT2D eigenvalue weighted by molar-refractivity contribution is -0.0893. The highest BCUT2D eigenvalue weighted by atomic mass is 16.5. The molecule has 0 bridgehead atoms. The van der Waals surface area contributed by atoms with Crippen LogP contribution in [0.25, 0.3) is 94.0 Å². The van der Waals surface area contributed by atoms with Gasteiger partial charge in [0.05, 0.1) is 11.0 Å². The molecular formula is C49H39BN6O2+. The van der Waals surface area contributed by atoms with Gasteiger partial charge in [-0.3, -0.25) is 14.5 Å². The highest BCUT2D eigenvalue weighted by Crippen LogP contribution is 2.41. The molecule has 2 N–H and O–H groups in total. The van der Waals surface area contributed by atoms with E-state index in [1.54, 1.807) is 32.3 Å². The maximum Gasteiger partial charge on any atom is 0.331 e. The molecule has 0 unspecified atom stereocenters. The Morgan fingerprint density at radius 1 is 0.517 bits per heavy atom. The summed E-state index contributed by atoms with van der Waals surface area (Å²) in [6.07, 6.45) is 7.01. The SMILES string of the molecule is CC(C)([OH2+])C(C)(C)O[B]c1ccc2c3ccc(-c4cccc5c4c4ccccc4n5-c4nc(-c5ccncc5)nc(-c5ccncc5)n4)cc3c3ccccc3c2c1. The van der Waals surface area contributed by atoms with E-state index in [1.165, 1.54) is 26.9 Å². The Bertz CT molecular complexity index is 3120. The lowest BCUT2D eigenvalue weighted by Crippen LogP contribution is -2.49. The highest BCUT2D eigenvalue weighted by molar-refractivity contribution is 6.48. The topological polar surface area (TPSA) is 102 Å². The summed E-state index contributed by atoms with van der Waals surface area (Å²) in [5.74, 6) is 1.66. The second-order valence-corrected chi connectivity index (χ2v) is 15.8. The average molecular weight is 755 g/mol. The molecule has 4 heterocycles. The van der Waals surface area contributed by atoms with E-state index >= 15 is 0 Å². The second kappa shape index (κ2) is 13.7. The van der Waals surface area contributed by atoms with Gasteiger partial charge < -0.3 is 9.76 Å².